The zero-order chi connectivity index (χ0) is 13.1. The molecule has 2 aromatic rings. The molecule has 1 aliphatic rings. The van der Waals surface area contributed by atoms with Crippen LogP contribution in [-0.4, -0.2) is 8.42 Å². The zero-order valence-corrected chi connectivity index (χ0v) is 11.8. The van der Waals surface area contributed by atoms with Crippen molar-refractivity contribution in [3.63, 3.8) is 0 Å². The van der Waals surface area contributed by atoms with Gasteiger partial charge in [0.05, 0.1) is 19.8 Å². The van der Waals surface area contributed by atoms with Crippen LogP contribution in [0.2, 0.25) is 15.1 Å². The first kappa shape index (κ1) is 12.3. The maximum Gasteiger partial charge on any atom is 0.207 e. The van der Waals surface area contributed by atoms with Gasteiger partial charge in [-0.15, -0.1) is 0 Å². The molecule has 0 aromatic heterocycles. The van der Waals surface area contributed by atoms with Crippen LogP contribution in [0.3, 0.4) is 0 Å². The minimum Gasteiger partial charge on any atom is -0.218 e. The summed E-state index contributed by atoms with van der Waals surface area (Å²) in [4.78, 5) is 0.411. The van der Waals surface area contributed by atoms with Crippen molar-refractivity contribution in [2.75, 3.05) is 0 Å². The lowest BCUT2D eigenvalue weighted by Gasteiger charge is -2.01. The van der Waals surface area contributed by atoms with Crippen LogP contribution in [0.1, 0.15) is 0 Å². The first-order valence-corrected chi connectivity index (χ1v) is 7.57. The fourth-order valence-electron chi connectivity index (χ4n) is 2.03. The Morgan fingerprint density at radius 3 is 2.11 bits per heavy atom. The van der Waals surface area contributed by atoms with Gasteiger partial charge in [0.25, 0.3) is 0 Å². The van der Waals surface area contributed by atoms with Gasteiger partial charge in [-0.05, 0) is 30.3 Å². The molecule has 3 rings (SSSR count). The van der Waals surface area contributed by atoms with Crippen molar-refractivity contribution in [2.24, 2.45) is 0 Å². The summed E-state index contributed by atoms with van der Waals surface area (Å²) in [6, 6.07) is 7.59. The summed E-state index contributed by atoms with van der Waals surface area (Å²) in [5, 5.41) is 1.01. The van der Waals surface area contributed by atoms with E-state index in [2.05, 4.69) is 0 Å². The molecule has 0 atom stereocenters. The molecule has 0 saturated heterocycles. The lowest BCUT2D eigenvalue weighted by molar-refractivity contribution is 0.598. The van der Waals surface area contributed by atoms with Crippen molar-refractivity contribution >= 4 is 44.6 Å². The van der Waals surface area contributed by atoms with E-state index in [1.54, 1.807) is 18.2 Å². The summed E-state index contributed by atoms with van der Waals surface area (Å²) in [5.41, 5.74) is 1.11. The Hall–Kier alpha value is -0.740. The number of sulfone groups is 1. The molecule has 0 bridgehead atoms. The third-order valence-corrected chi connectivity index (χ3v) is 5.64. The quantitative estimate of drug-likeness (QED) is 0.613. The number of hydrogen-bond acceptors (Lipinski definition) is 2. The Bertz CT molecular complexity index is 782. The van der Waals surface area contributed by atoms with E-state index >= 15 is 0 Å². The van der Waals surface area contributed by atoms with Crippen LogP contribution in [-0.2, 0) is 9.84 Å². The molecular weight excluding hydrogens is 315 g/mol. The van der Waals surface area contributed by atoms with Crippen LogP contribution in [0.25, 0.3) is 11.1 Å². The predicted molar refractivity (Wildman–Crippen MR) is 72.4 cm³/mol. The average molecular weight is 320 g/mol. The van der Waals surface area contributed by atoms with Gasteiger partial charge in [0.1, 0.15) is 0 Å². The standard InChI is InChI=1S/C12H5Cl3O2S/c13-6-1-2-11-7(3-6)8-4-9(14)10(15)5-12(8)18(11,16)17/h1-5H. The highest BCUT2D eigenvalue weighted by molar-refractivity contribution is 7.92. The van der Waals surface area contributed by atoms with Crippen LogP contribution in [0, 0.1) is 0 Å². The molecule has 0 spiro atoms. The van der Waals surface area contributed by atoms with Crippen LogP contribution in [0.4, 0.5) is 0 Å². The van der Waals surface area contributed by atoms with E-state index in [1.165, 1.54) is 12.1 Å². The van der Waals surface area contributed by atoms with Gasteiger partial charge in [0.15, 0.2) is 0 Å². The summed E-state index contributed by atoms with van der Waals surface area (Å²) in [5.74, 6) is 0. The highest BCUT2D eigenvalue weighted by Gasteiger charge is 2.33. The first-order chi connectivity index (χ1) is 8.41. The summed E-state index contributed by atoms with van der Waals surface area (Å²) in [7, 11) is -3.52. The van der Waals surface area contributed by atoms with Crippen LogP contribution >= 0.6 is 34.8 Å². The normalized spacial score (nSPS) is 15.3. The molecule has 0 saturated carbocycles. The van der Waals surface area contributed by atoms with Gasteiger partial charge in [-0.1, -0.05) is 34.8 Å². The van der Waals surface area contributed by atoms with Crippen molar-refractivity contribution in [3.05, 3.63) is 45.4 Å². The number of fused-ring (bicyclic) bond motifs is 3. The minimum atomic E-state index is -3.52. The summed E-state index contributed by atoms with van der Waals surface area (Å²) < 4.78 is 24.6. The van der Waals surface area contributed by atoms with E-state index in [0.717, 1.165) is 0 Å². The maximum atomic E-state index is 12.3. The molecule has 0 amide bonds. The topological polar surface area (TPSA) is 34.1 Å². The van der Waals surface area contributed by atoms with Gasteiger partial charge in [-0.2, -0.15) is 0 Å². The summed E-state index contributed by atoms with van der Waals surface area (Å²) in [6.07, 6.45) is 0. The Morgan fingerprint density at radius 2 is 1.39 bits per heavy atom. The second-order valence-electron chi connectivity index (χ2n) is 3.91. The second kappa shape index (κ2) is 3.87. The molecule has 0 fully saturated rings. The molecule has 2 aromatic carbocycles. The van der Waals surface area contributed by atoms with Gasteiger partial charge >= 0.3 is 0 Å². The SMILES string of the molecule is O=S1(=O)c2ccc(Cl)cc2-c2cc(Cl)c(Cl)cc21. The maximum absolute atomic E-state index is 12.3. The monoisotopic (exact) mass is 318 g/mol. The van der Waals surface area contributed by atoms with Crippen LogP contribution in [0.5, 0.6) is 0 Å². The Balaban J connectivity index is 2.48. The predicted octanol–water partition coefficient (Wildman–Crippen LogP) is 4.46. The number of hydrogen-bond donors (Lipinski definition) is 0. The van der Waals surface area contributed by atoms with E-state index in [4.69, 9.17) is 34.8 Å². The molecule has 0 radical (unpaired) electrons. The number of rotatable bonds is 0. The Kier molecular flexibility index (Phi) is 2.65. The third kappa shape index (κ3) is 1.58. The van der Waals surface area contributed by atoms with E-state index in [9.17, 15) is 8.42 Å². The zero-order valence-electron chi connectivity index (χ0n) is 8.75. The van der Waals surface area contributed by atoms with Gasteiger partial charge in [0, 0.05) is 16.1 Å². The van der Waals surface area contributed by atoms with E-state index in [1.807, 2.05) is 0 Å². The van der Waals surface area contributed by atoms with Crippen molar-refractivity contribution < 1.29 is 8.42 Å². The summed E-state index contributed by atoms with van der Waals surface area (Å²) >= 11 is 17.7. The Labute approximate surface area is 119 Å². The average Bonchev–Trinajstić information content (AvgIpc) is 2.50. The molecule has 6 heteroatoms. The highest BCUT2D eigenvalue weighted by atomic mass is 35.5. The molecule has 18 heavy (non-hydrogen) atoms. The van der Waals surface area contributed by atoms with Crippen LogP contribution < -0.4 is 0 Å². The van der Waals surface area contributed by atoms with Crippen molar-refractivity contribution in [1.82, 2.24) is 0 Å². The van der Waals surface area contributed by atoms with Gasteiger partial charge in [0.2, 0.25) is 9.84 Å². The van der Waals surface area contributed by atoms with E-state index < -0.39 is 9.84 Å². The first-order valence-electron chi connectivity index (χ1n) is 4.95. The van der Waals surface area contributed by atoms with Crippen molar-refractivity contribution in [1.29, 1.82) is 0 Å². The van der Waals surface area contributed by atoms with E-state index in [0.29, 0.717) is 21.2 Å². The molecule has 0 N–H and O–H groups in total. The third-order valence-electron chi connectivity index (χ3n) is 2.83. The number of benzene rings is 2. The largest absolute Gasteiger partial charge is 0.218 e. The second-order valence-corrected chi connectivity index (χ2v) is 7.04. The molecule has 1 aliphatic heterocycles. The fraction of sp³-hybridized carbons (Fsp3) is 0. The van der Waals surface area contributed by atoms with Gasteiger partial charge in [-0.3, -0.25) is 0 Å². The van der Waals surface area contributed by atoms with Gasteiger partial charge in [-0.25, -0.2) is 8.42 Å². The molecular formula is C12H5Cl3O2S. The van der Waals surface area contributed by atoms with Crippen molar-refractivity contribution in [2.45, 2.75) is 9.79 Å². The van der Waals surface area contributed by atoms with E-state index in [-0.39, 0.29) is 14.8 Å². The molecule has 92 valence electrons. The molecule has 0 unspecified atom stereocenters. The minimum absolute atomic E-state index is 0.175. The highest BCUT2D eigenvalue weighted by Crippen LogP contribution is 2.46. The number of halogens is 3. The molecule has 1 heterocycles. The lowest BCUT2D eigenvalue weighted by atomic mass is 10.1. The van der Waals surface area contributed by atoms with Gasteiger partial charge < -0.3 is 0 Å². The van der Waals surface area contributed by atoms with Crippen molar-refractivity contribution in [3.8, 4) is 11.1 Å². The lowest BCUT2D eigenvalue weighted by Crippen LogP contribution is -1.96. The molecule has 2 nitrogen and oxygen atoms in total. The smallest absolute Gasteiger partial charge is 0.207 e. The fourth-order valence-corrected chi connectivity index (χ4v) is 4.26. The molecule has 0 aliphatic carbocycles. The summed E-state index contributed by atoms with van der Waals surface area (Å²) in [6.45, 7) is 0. The Morgan fingerprint density at radius 1 is 0.778 bits per heavy atom. The van der Waals surface area contributed by atoms with Crippen LogP contribution in [0.15, 0.2) is 40.1 Å².